The van der Waals surface area contributed by atoms with Crippen LogP contribution >= 0.6 is 11.6 Å². The van der Waals surface area contributed by atoms with Crippen molar-refractivity contribution in [3.8, 4) is 11.5 Å². The van der Waals surface area contributed by atoms with Crippen LogP contribution in [0.15, 0.2) is 36.4 Å². The summed E-state index contributed by atoms with van der Waals surface area (Å²) in [7, 11) is 1.35. The number of hydrogen-bond acceptors (Lipinski definition) is 4. The number of hydrogen-bond donors (Lipinski definition) is 1. The molecule has 0 radical (unpaired) electrons. The second-order valence-electron chi connectivity index (χ2n) is 5.17. The minimum atomic E-state index is -0.392. The van der Waals surface area contributed by atoms with Crippen molar-refractivity contribution in [3.63, 3.8) is 0 Å². The molecule has 0 saturated carbocycles. The second kappa shape index (κ2) is 5.89. The number of esters is 1. The number of carbonyl (C=O) groups excluding carboxylic acids is 1. The van der Waals surface area contributed by atoms with Crippen molar-refractivity contribution in [3.05, 3.63) is 58.1 Å². The highest BCUT2D eigenvalue weighted by Crippen LogP contribution is 2.38. The van der Waals surface area contributed by atoms with Crippen LogP contribution in [0.5, 0.6) is 11.5 Å². The molecule has 0 spiro atoms. The van der Waals surface area contributed by atoms with E-state index >= 15 is 0 Å². The molecule has 1 aliphatic heterocycles. The summed E-state index contributed by atoms with van der Waals surface area (Å²) in [6.07, 6.45) is 1.42. The Morgan fingerprint density at radius 2 is 2.14 bits per heavy atom. The van der Waals surface area contributed by atoms with Gasteiger partial charge in [0.2, 0.25) is 0 Å². The van der Waals surface area contributed by atoms with Crippen molar-refractivity contribution in [2.24, 2.45) is 0 Å². The monoisotopic (exact) mass is 318 g/mol. The van der Waals surface area contributed by atoms with Gasteiger partial charge in [0.25, 0.3) is 0 Å². The second-order valence-corrected chi connectivity index (χ2v) is 5.57. The van der Waals surface area contributed by atoms with E-state index in [1.54, 1.807) is 24.3 Å². The Bertz CT molecular complexity index is 727. The van der Waals surface area contributed by atoms with Crippen LogP contribution in [0.3, 0.4) is 0 Å². The van der Waals surface area contributed by atoms with Gasteiger partial charge in [0.05, 0.1) is 17.7 Å². The molecule has 3 rings (SSSR count). The van der Waals surface area contributed by atoms with Gasteiger partial charge in [0, 0.05) is 5.56 Å². The number of carbonyl (C=O) groups is 1. The van der Waals surface area contributed by atoms with Gasteiger partial charge < -0.3 is 14.6 Å². The molecule has 2 aromatic carbocycles. The van der Waals surface area contributed by atoms with Gasteiger partial charge in [0.15, 0.2) is 0 Å². The number of benzene rings is 2. The molecule has 4 nitrogen and oxygen atoms in total. The summed E-state index contributed by atoms with van der Waals surface area (Å²) < 4.78 is 10.7. The van der Waals surface area contributed by atoms with Gasteiger partial charge in [0.1, 0.15) is 17.6 Å². The van der Waals surface area contributed by atoms with Crippen LogP contribution < -0.4 is 4.74 Å². The first-order chi connectivity index (χ1) is 10.6. The van der Waals surface area contributed by atoms with Crippen molar-refractivity contribution >= 4 is 17.6 Å². The number of halogens is 1. The smallest absolute Gasteiger partial charge is 0.337 e. The molecule has 1 atom stereocenters. The van der Waals surface area contributed by atoms with E-state index in [1.807, 2.05) is 6.07 Å². The van der Waals surface area contributed by atoms with E-state index in [1.165, 1.54) is 13.2 Å². The fraction of sp³-hybridized carbons (Fsp3) is 0.235. The minimum absolute atomic E-state index is 0.123. The van der Waals surface area contributed by atoms with Crippen LogP contribution in [0.2, 0.25) is 5.02 Å². The van der Waals surface area contributed by atoms with E-state index in [4.69, 9.17) is 21.1 Å². The number of fused-ring (bicyclic) bond motifs is 1. The lowest BCUT2D eigenvalue weighted by Crippen LogP contribution is -2.16. The van der Waals surface area contributed by atoms with E-state index in [2.05, 4.69) is 0 Å². The standard InChI is InChI=1S/C17H15ClO4/c1-21-17(20)11-3-2-10-4-7-15(22-16(10)8-11)13-6-5-12(19)9-14(13)18/h2-3,5-6,8-9,15,19H,4,7H2,1H3. The molecule has 2 aromatic rings. The number of ether oxygens (including phenoxy) is 2. The summed E-state index contributed by atoms with van der Waals surface area (Å²) in [4.78, 5) is 11.6. The molecular formula is C17H15ClO4. The molecular weight excluding hydrogens is 304 g/mol. The molecule has 0 aromatic heterocycles. The molecule has 5 heteroatoms. The third-order valence-electron chi connectivity index (χ3n) is 3.76. The Morgan fingerprint density at radius 3 is 2.86 bits per heavy atom. The van der Waals surface area contributed by atoms with Crippen LogP contribution in [0.25, 0.3) is 0 Å². The van der Waals surface area contributed by atoms with Crippen LogP contribution in [0, 0.1) is 0 Å². The maximum atomic E-state index is 11.6. The average molecular weight is 319 g/mol. The topological polar surface area (TPSA) is 55.8 Å². The average Bonchev–Trinajstić information content (AvgIpc) is 2.53. The largest absolute Gasteiger partial charge is 0.508 e. The van der Waals surface area contributed by atoms with E-state index in [0.29, 0.717) is 16.3 Å². The Hall–Kier alpha value is -2.20. The lowest BCUT2D eigenvalue weighted by Gasteiger charge is -2.27. The minimum Gasteiger partial charge on any atom is -0.508 e. The van der Waals surface area contributed by atoms with Crippen molar-refractivity contribution in [2.75, 3.05) is 7.11 Å². The Kier molecular flexibility index (Phi) is 3.94. The van der Waals surface area contributed by atoms with Gasteiger partial charge in [-0.15, -0.1) is 0 Å². The molecule has 1 unspecified atom stereocenters. The Labute approximate surface area is 133 Å². The molecule has 1 N–H and O–H groups in total. The highest BCUT2D eigenvalue weighted by molar-refractivity contribution is 6.31. The Morgan fingerprint density at radius 1 is 1.32 bits per heavy atom. The molecule has 0 amide bonds. The summed E-state index contributed by atoms with van der Waals surface area (Å²) >= 11 is 6.18. The van der Waals surface area contributed by atoms with E-state index < -0.39 is 5.97 Å². The Balaban J connectivity index is 1.90. The van der Waals surface area contributed by atoms with E-state index in [9.17, 15) is 9.90 Å². The highest BCUT2D eigenvalue weighted by atomic mass is 35.5. The first-order valence-electron chi connectivity index (χ1n) is 6.95. The van der Waals surface area contributed by atoms with Crippen LogP contribution in [0.4, 0.5) is 0 Å². The zero-order chi connectivity index (χ0) is 15.7. The summed E-state index contributed by atoms with van der Waals surface area (Å²) in [6.45, 7) is 0. The molecule has 1 aliphatic rings. The van der Waals surface area contributed by atoms with Crippen LogP contribution in [0.1, 0.15) is 34.0 Å². The lowest BCUT2D eigenvalue weighted by molar-refractivity contribution is 0.0599. The number of methoxy groups -OCH3 is 1. The number of aromatic hydroxyl groups is 1. The third kappa shape index (κ3) is 2.74. The predicted octanol–water partition coefficient (Wildman–Crippen LogP) is 3.90. The molecule has 0 aliphatic carbocycles. The van der Waals surface area contributed by atoms with Gasteiger partial charge in [-0.3, -0.25) is 0 Å². The normalized spacial score (nSPS) is 16.5. The van der Waals surface area contributed by atoms with Crippen LogP contribution in [-0.2, 0) is 11.2 Å². The van der Waals surface area contributed by atoms with Crippen molar-refractivity contribution < 1.29 is 19.4 Å². The summed E-state index contributed by atoms with van der Waals surface area (Å²) in [5.41, 5.74) is 2.34. The fourth-order valence-electron chi connectivity index (χ4n) is 2.61. The molecule has 0 fully saturated rings. The molecule has 22 heavy (non-hydrogen) atoms. The fourth-order valence-corrected chi connectivity index (χ4v) is 2.91. The number of rotatable bonds is 2. The molecule has 0 saturated heterocycles. The van der Waals surface area contributed by atoms with E-state index in [-0.39, 0.29) is 11.9 Å². The third-order valence-corrected chi connectivity index (χ3v) is 4.09. The first kappa shape index (κ1) is 14.7. The highest BCUT2D eigenvalue weighted by Gasteiger charge is 2.24. The molecule has 114 valence electrons. The maximum absolute atomic E-state index is 11.6. The van der Waals surface area contributed by atoms with Crippen LogP contribution in [-0.4, -0.2) is 18.2 Å². The first-order valence-corrected chi connectivity index (χ1v) is 7.32. The van der Waals surface area contributed by atoms with Gasteiger partial charge in [-0.25, -0.2) is 4.79 Å². The van der Waals surface area contributed by atoms with Gasteiger partial charge in [-0.05, 0) is 42.7 Å². The molecule has 0 bridgehead atoms. The molecule has 1 heterocycles. The maximum Gasteiger partial charge on any atom is 0.337 e. The van der Waals surface area contributed by atoms with Gasteiger partial charge in [-0.2, -0.15) is 0 Å². The van der Waals surface area contributed by atoms with Gasteiger partial charge in [-0.1, -0.05) is 23.7 Å². The summed E-state index contributed by atoms with van der Waals surface area (Å²) in [5, 5.41) is 9.91. The summed E-state index contributed by atoms with van der Waals surface area (Å²) in [6, 6.07) is 10.2. The van der Waals surface area contributed by atoms with Gasteiger partial charge >= 0.3 is 5.97 Å². The number of aryl methyl sites for hydroxylation is 1. The quantitative estimate of drug-likeness (QED) is 0.853. The number of phenolic OH excluding ortho intramolecular Hbond substituents is 1. The lowest BCUT2D eigenvalue weighted by atomic mass is 9.96. The van der Waals surface area contributed by atoms with Crippen molar-refractivity contribution in [1.82, 2.24) is 0 Å². The van der Waals surface area contributed by atoms with E-state index in [0.717, 1.165) is 24.0 Å². The zero-order valence-electron chi connectivity index (χ0n) is 12.0. The summed E-state index contributed by atoms with van der Waals surface area (Å²) in [5.74, 6) is 0.400. The SMILES string of the molecule is COC(=O)c1ccc2c(c1)OC(c1ccc(O)cc1Cl)CC2. The predicted molar refractivity (Wildman–Crippen MR) is 82.6 cm³/mol. The van der Waals surface area contributed by atoms with Crippen molar-refractivity contribution in [1.29, 1.82) is 0 Å². The zero-order valence-corrected chi connectivity index (χ0v) is 12.8. The van der Waals surface area contributed by atoms with Crippen molar-refractivity contribution in [2.45, 2.75) is 18.9 Å². The number of phenols is 1.